The summed E-state index contributed by atoms with van der Waals surface area (Å²) in [5, 5.41) is 5.49. The summed E-state index contributed by atoms with van der Waals surface area (Å²) < 4.78 is 0. The van der Waals surface area contributed by atoms with Crippen LogP contribution in [0.25, 0.3) is 6.08 Å². The Morgan fingerprint density at radius 2 is 1.92 bits per heavy atom. The number of rotatable bonds is 7. The first-order chi connectivity index (χ1) is 12.7. The Labute approximate surface area is 150 Å². The van der Waals surface area contributed by atoms with Crippen molar-refractivity contribution in [1.82, 2.24) is 25.6 Å². The molecular weight excluding hydrogens is 330 g/mol. The summed E-state index contributed by atoms with van der Waals surface area (Å²) in [6, 6.07) is 12.4. The molecule has 2 heterocycles. The maximum Gasteiger partial charge on any atom is 0.267 e. The molecule has 4 N–H and O–H groups in total. The number of hydrogen-bond acceptors (Lipinski definition) is 3. The highest BCUT2D eigenvalue weighted by Crippen LogP contribution is 2.05. The topological polar surface area (TPSA) is 103 Å². The van der Waals surface area contributed by atoms with E-state index < -0.39 is 0 Å². The number of hydrogen-bond donors (Lipinski definition) is 4. The van der Waals surface area contributed by atoms with Crippen molar-refractivity contribution in [3.8, 4) is 0 Å². The molecule has 0 radical (unpaired) electrons. The van der Waals surface area contributed by atoms with Crippen molar-refractivity contribution >= 4 is 17.9 Å². The fourth-order valence-electron chi connectivity index (χ4n) is 2.36. The van der Waals surface area contributed by atoms with Crippen molar-refractivity contribution in [2.45, 2.75) is 6.42 Å². The van der Waals surface area contributed by atoms with Crippen LogP contribution in [0.5, 0.6) is 0 Å². The zero-order valence-electron chi connectivity index (χ0n) is 14.0. The molecule has 0 saturated carbocycles. The highest BCUT2D eigenvalue weighted by molar-refractivity contribution is 6.05. The van der Waals surface area contributed by atoms with Crippen LogP contribution in [0.15, 0.2) is 66.9 Å². The summed E-state index contributed by atoms with van der Waals surface area (Å²) in [6.45, 7) is 0.421. The van der Waals surface area contributed by atoms with Gasteiger partial charge in [0.2, 0.25) is 0 Å². The second-order valence-electron chi connectivity index (χ2n) is 5.59. The molecule has 0 saturated heterocycles. The van der Waals surface area contributed by atoms with Gasteiger partial charge in [-0.3, -0.25) is 9.59 Å². The fourth-order valence-corrected chi connectivity index (χ4v) is 2.36. The summed E-state index contributed by atoms with van der Waals surface area (Å²) in [6.07, 6.45) is 7.27. The van der Waals surface area contributed by atoms with E-state index in [-0.39, 0.29) is 17.5 Å². The van der Waals surface area contributed by atoms with Crippen LogP contribution in [-0.4, -0.2) is 33.3 Å². The van der Waals surface area contributed by atoms with Crippen molar-refractivity contribution in [2.75, 3.05) is 6.54 Å². The molecule has 3 aromatic rings. The third kappa shape index (κ3) is 4.70. The highest BCUT2D eigenvalue weighted by atomic mass is 16.2. The number of aromatic nitrogens is 3. The normalized spacial score (nSPS) is 11.2. The molecule has 0 spiro atoms. The van der Waals surface area contributed by atoms with Gasteiger partial charge in [-0.2, -0.15) is 0 Å². The molecule has 0 aliphatic heterocycles. The maximum absolute atomic E-state index is 12.5. The van der Waals surface area contributed by atoms with E-state index in [9.17, 15) is 9.59 Å². The molecule has 3 rings (SSSR count). The highest BCUT2D eigenvalue weighted by Gasteiger charge is 2.14. The monoisotopic (exact) mass is 349 g/mol. The van der Waals surface area contributed by atoms with Gasteiger partial charge in [0, 0.05) is 42.3 Å². The summed E-state index contributed by atoms with van der Waals surface area (Å²) in [7, 11) is 0. The van der Waals surface area contributed by atoms with Crippen LogP contribution in [0.1, 0.15) is 21.7 Å². The average Bonchev–Trinajstić information content (AvgIpc) is 3.36. The lowest BCUT2D eigenvalue weighted by Gasteiger charge is -2.10. The van der Waals surface area contributed by atoms with Gasteiger partial charge in [0.05, 0.1) is 6.33 Å². The van der Waals surface area contributed by atoms with Crippen LogP contribution in [0.4, 0.5) is 0 Å². The van der Waals surface area contributed by atoms with Gasteiger partial charge in [-0.1, -0.05) is 18.2 Å². The predicted molar refractivity (Wildman–Crippen MR) is 98.0 cm³/mol. The van der Waals surface area contributed by atoms with E-state index in [0.717, 1.165) is 11.4 Å². The van der Waals surface area contributed by atoms with Gasteiger partial charge in [0.25, 0.3) is 11.8 Å². The Morgan fingerprint density at radius 1 is 1.08 bits per heavy atom. The van der Waals surface area contributed by atoms with Crippen molar-refractivity contribution in [3.05, 3.63) is 83.8 Å². The molecule has 2 amide bonds. The van der Waals surface area contributed by atoms with E-state index in [0.29, 0.717) is 18.5 Å². The number of benzene rings is 1. The smallest absolute Gasteiger partial charge is 0.267 e. The zero-order chi connectivity index (χ0) is 18.2. The minimum atomic E-state index is -0.358. The van der Waals surface area contributed by atoms with Crippen molar-refractivity contribution < 1.29 is 9.59 Å². The molecule has 26 heavy (non-hydrogen) atoms. The maximum atomic E-state index is 12.5. The minimum absolute atomic E-state index is 0.172. The van der Waals surface area contributed by atoms with E-state index in [1.807, 2.05) is 18.2 Å². The van der Waals surface area contributed by atoms with Crippen LogP contribution in [0.2, 0.25) is 0 Å². The Hall–Kier alpha value is -3.61. The number of carbonyl (C=O) groups is 2. The third-order valence-electron chi connectivity index (χ3n) is 3.69. The average molecular weight is 349 g/mol. The van der Waals surface area contributed by atoms with Crippen LogP contribution in [0.3, 0.4) is 0 Å². The SMILES string of the molecule is O=C(NCCc1cnc[nH]1)/C(=C/c1ccc[nH]1)NC(=O)c1ccccc1. The number of aromatic amines is 2. The summed E-state index contributed by atoms with van der Waals surface area (Å²) in [4.78, 5) is 34.8. The number of imidazole rings is 1. The summed E-state index contributed by atoms with van der Waals surface area (Å²) in [5.41, 5.74) is 2.30. The molecule has 0 fully saturated rings. The van der Waals surface area contributed by atoms with Gasteiger partial charge < -0.3 is 20.6 Å². The first-order valence-corrected chi connectivity index (χ1v) is 8.19. The van der Waals surface area contributed by atoms with Crippen LogP contribution < -0.4 is 10.6 Å². The molecule has 7 nitrogen and oxygen atoms in total. The van der Waals surface area contributed by atoms with Gasteiger partial charge in [-0.25, -0.2) is 4.98 Å². The van der Waals surface area contributed by atoms with Crippen molar-refractivity contribution in [1.29, 1.82) is 0 Å². The van der Waals surface area contributed by atoms with Gasteiger partial charge in [-0.15, -0.1) is 0 Å². The Bertz CT molecular complexity index is 868. The standard InChI is InChI=1S/C19H19N5O2/c25-18(14-5-2-1-3-6-14)24-17(11-15-7-4-9-21-15)19(26)22-10-8-16-12-20-13-23-16/h1-7,9,11-13,21H,8,10H2,(H,20,23)(H,22,26)(H,24,25)/b17-11-. The van der Waals surface area contributed by atoms with Gasteiger partial charge in [0.1, 0.15) is 5.70 Å². The molecular formula is C19H19N5O2. The fraction of sp³-hybridized carbons (Fsp3) is 0.105. The van der Waals surface area contributed by atoms with Crippen molar-refractivity contribution in [2.24, 2.45) is 0 Å². The second-order valence-corrected chi connectivity index (χ2v) is 5.59. The Morgan fingerprint density at radius 3 is 2.62 bits per heavy atom. The number of carbonyl (C=O) groups excluding carboxylic acids is 2. The lowest BCUT2D eigenvalue weighted by molar-refractivity contribution is -0.117. The lowest BCUT2D eigenvalue weighted by Crippen LogP contribution is -2.35. The first kappa shape index (κ1) is 17.2. The first-order valence-electron chi connectivity index (χ1n) is 8.19. The quantitative estimate of drug-likeness (QED) is 0.490. The minimum Gasteiger partial charge on any atom is -0.362 e. The summed E-state index contributed by atoms with van der Waals surface area (Å²) >= 11 is 0. The molecule has 0 unspecified atom stereocenters. The lowest BCUT2D eigenvalue weighted by atomic mass is 10.2. The van der Waals surface area contributed by atoms with E-state index in [4.69, 9.17) is 0 Å². The molecule has 0 atom stereocenters. The summed E-state index contributed by atoms with van der Waals surface area (Å²) in [5.74, 6) is -0.699. The molecule has 2 aromatic heterocycles. The number of nitrogens with one attached hydrogen (secondary N) is 4. The van der Waals surface area contributed by atoms with E-state index in [2.05, 4.69) is 25.6 Å². The Kier molecular flexibility index (Phi) is 5.61. The van der Waals surface area contributed by atoms with Gasteiger partial charge in [-0.05, 0) is 30.3 Å². The van der Waals surface area contributed by atoms with Crippen LogP contribution >= 0.6 is 0 Å². The van der Waals surface area contributed by atoms with E-state index in [1.165, 1.54) is 0 Å². The number of nitrogens with zero attached hydrogens (tertiary/aromatic N) is 1. The molecule has 7 heteroatoms. The zero-order valence-corrected chi connectivity index (χ0v) is 14.0. The number of H-pyrrole nitrogens is 2. The van der Waals surface area contributed by atoms with E-state index in [1.54, 1.807) is 49.1 Å². The van der Waals surface area contributed by atoms with E-state index >= 15 is 0 Å². The second kappa shape index (κ2) is 8.48. The predicted octanol–water partition coefficient (Wildman–Crippen LogP) is 1.87. The number of amides is 2. The molecule has 0 aliphatic rings. The van der Waals surface area contributed by atoms with Crippen LogP contribution in [-0.2, 0) is 11.2 Å². The van der Waals surface area contributed by atoms with Gasteiger partial charge >= 0.3 is 0 Å². The molecule has 132 valence electrons. The van der Waals surface area contributed by atoms with Crippen molar-refractivity contribution in [3.63, 3.8) is 0 Å². The molecule has 0 aliphatic carbocycles. The van der Waals surface area contributed by atoms with Gasteiger partial charge in [0.15, 0.2) is 0 Å². The Balaban J connectivity index is 1.68. The third-order valence-corrected chi connectivity index (χ3v) is 3.69. The molecule has 1 aromatic carbocycles. The van der Waals surface area contributed by atoms with Crippen LogP contribution in [0, 0.1) is 0 Å². The molecule has 0 bridgehead atoms. The largest absolute Gasteiger partial charge is 0.362 e.